The van der Waals surface area contributed by atoms with Gasteiger partial charge in [0.25, 0.3) is 0 Å². The molecular formula is C23H30O2. The van der Waals surface area contributed by atoms with Crippen LogP contribution in [-0.2, 0) is 0 Å². The molecule has 1 atom stereocenters. The molecule has 0 aliphatic carbocycles. The van der Waals surface area contributed by atoms with Crippen LogP contribution in [0, 0.1) is 19.3 Å². The summed E-state index contributed by atoms with van der Waals surface area (Å²) in [6, 6.07) is 13.8. The number of hydrogen-bond donors (Lipinski definition) is 0. The lowest BCUT2D eigenvalue weighted by Crippen LogP contribution is -2.18. The molecule has 0 aliphatic rings. The molecule has 0 N–H and O–H groups in total. The summed E-state index contributed by atoms with van der Waals surface area (Å²) in [4.78, 5) is 12.4. The Morgan fingerprint density at radius 3 is 2.04 bits per heavy atom. The van der Waals surface area contributed by atoms with Crippen LogP contribution in [0.2, 0.25) is 0 Å². The van der Waals surface area contributed by atoms with Gasteiger partial charge in [0, 0.05) is 0 Å². The maximum atomic E-state index is 12.4. The van der Waals surface area contributed by atoms with Crippen molar-refractivity contribution in [2.75, 3.05) is 0 Å². The van der Waals surface area contributed by atoms with E-state index in [0.717, 1.165) is 24.0 Å². The fourth-order valence-electron chi connectivity index (χ4n) is 3.42. The number of carbonyl (C=O) groups excluding carboxylic acids is 1. The van der Waals surface area contributed by atoms with Crippen LogP contribution in [0.15, 0.2) is 42.5 Å². The highest BCUT2D eigenvalue weighted by molar-refractivity contribution is 5.91. The molecule has 2 aromatic carbocycles. The number of ether oxygens (including phenoxy) is 1. The Morgan fingerprint density at radius 1 is 1.00 bits per heavy atom. The van der Waals surface area contributed by atoms with Gasteiger partial charge in [-0.2, -0.15) is 0 Å². The third kappa shape index (κ3) is 5.19. The molecule has 0 heterocycles. The van der Waals surface area contributed by atoms with Gasteiger partial charge in [0.15, 0.2) is 0 Å². The maximum Gasteiger partial charge on any atom is 0.343 e. The quantitative estimate of drug-likeness (QED) is 0.462. The zero-order valence-corrected chi connectivity index (χ0v) is 16.3. The fourth-order valence-corrected chi connectivity index (χ4v) is 3.42. The summed E-state index contributed by atoms with van der Waals surface area (Å²) in [5, 5.41) is 0. The van der Waals surface area contributed by atoms with Gasteiger partial charge in [0.1, 0.15) is 5.75 Å². The maximum absolute atomic E-state index is 12.4. The smallest absolute Gasteiger partial charge is 0.343 e. The van der Waals surface area contributed by atoms with Crippen LogP contribution in [0.4, 0.5) is 0 Å². The topological polar surface area (TPSA) is 26.3 Å². The van der Waals surface area contributed by atoms with Crippen molar-refractivity contribution in [3.63, 3.8) is 0 Å². The molecule has 0 radical (unpaired) electrons. The van der Waals surface area contributed by atoms with Crippen molar-refractivity contribution < 1.29 is 9.53 Å². The Kier molecular flexibility index (Phi) is 6.05. The second kappa shape index (κ2) is 7.86. The van der Waals surface area contributed by atoms with Crippen LogP contribution < -0.4 is 4.74 Å². The summed E-state index contributed by atoms with van der Waals surface area (Å²) >= 11 is 0. The first-order valence-corrected chi connectivity index (χ1v) is 9.11. The van der Waals surface area contributed by atoms with Gasteiger partial charge in [0.2, 0.25) is 0 Å². The molecule has 2 nitrogen and oxygen atoms in total. The van der Waals surface area contributed by atoms with Gasteiger partial charge in [-0.1, -0.05) is 63.4 Å². The van der Waals surface area contributed by atoms with Crippen molar-refractivity contribution >= 4 is 5.97 Å². The van der Waals surface area contributed by atoms with Gasteiger partial charge in [-0.05, 0) is 61.4 Å². The zero-order chi connectivity index (χ0) is 18.6. The summed E-state index contributed by atoms with van der Waals surface area (Å²) in [5.41, 5.74) is 4.25. The Bertz CT molecular complexity index is 700. The molecule has 1 unspecified atom stereocenters. The Hall–Kier alpha value is -2.09. The van der Waals surface area contributed by atoms with Gasteiger partial charge < -0.3 is 4.74 Å². The first kappa shape index (κ1) is 19.2. The predicted octanol–water partition coefficient (Wildman–Crippen LogP) is 6.45. The predicted molar refractivity (Wildman–Crippen MR) is 104 cm³/mol. The molecule has 2 heteroatoms. The molecule has 0 saturated carbocycles. The largest absolute Gasteiger partial charge is 0.423 e. The van der Waals surface area contributed by atoms with Crippen molar-refractivity contribution in [1.29, 1.82) is 0 Å². The van der Waals surface area contributed by atoms with E-state index in [4.69, 9.17) is 4.74 Å². The SMILES string of the molecule is CCCC(c1ccc(OC(=O)c2cc(C)cc(C)c2)cc1)C(C)(C)C. The Labute approximate surface area is 152 Å². The van der Waals surface area contributed by atoms with E-state index in [1.165, 1.54) is 5.56 Å². The number of benzene rings is 2. The summed E-state index contributed by atoms with van der Waals surface area (Å²) in [7, 11) is 0. The molecule has 2 aromatic rings. The van der Waals surface area contributed by atoms with Gasteiger partial charge in [0.05, 0.1) is 5.56 Å². The lowest BCUT2D eigenvalue weighted by Gasteiger charge is -2.31. The molecule has 0 bridgehead atoms. The van der Waals surface area contributed by atoms with E-state index in [0.29, 0.717) is 17.2 Å². The Morgan fingerprint density at radius 2 is 1.56 bits per heavy atom. The minimum atomic E-state index is -0.305. The van der Waals surface area contributed by atoms with E-state index in [2.05, 4.69) is 39.8 Å². The number of aryl methyl sites for hydroxylation is 2. The highest BCUT2D eigenvalue weighted by Crippen LogP contribution is 2.39. The van der Waals surface area contributed by atoms with Crippen LogP contribution in [0.1, 0.15) is 73.5 Å². The number of hydrogen-bond acceptors (Lipinski definition) is 2. The molecule has 2 rings (SSSR count). The average Bonchev–Trinajstić information content (AvgIpc) is 2.51. The first-order chi connectivity index (χ1) is 11.7. The minimum absolute atomic E-state index is 0.216. The molecule has 0 saturated heterocycles. The summed E-state index contributed by atoms with van der Waals surface area (Å²) in [5.74, 6) is 0.791. The highest BCUT2D eigenvalue weighted by atomic mass is 16.5. The number of esters is 1. The van der Waals surface area contributed by atoms with Crippen molar-refractivity contribution in [3.8, 4) is 5.75 Å². The van der Waals surface area contributed by atoms with Crippen molar-refractivity contribution in [1.82, 2.24) is 0 Å². The number of rotatable bonds is 5. The van der Waals surface area contributed by atoms with E-state index in [9.17, 15) is 4.79 Å². The van der Waals surface area contributed by atoms with E-state index >= 15 is 0 Å². The van der Waals surface area contributed by atoms with Gasteiger partial charge in [-0.3, -0.25) is 0 Å². The van der Waals surface area contributed by atoms with Crippen LogP contribution in [0.3, 0.4) is 0 Å². The zero-order valence-electron chi connectivity index (χ0n) is 16.3. The van der Waals surface area contributed by atoms with Crippen molar-refractivity contribution in [2.24, 2.45) is 5.41 Å². The van der Waals surface area contributed by atoms with Gasteiger partial charge in [-0.25, -0.2) is 4.79 Å². The molecule has 0 amide bonds. The van der Waals surface area contributed by atoms with Crippen molar-refractivity contribution in [2.45, 2.75) is 60.3 Å². The molecule has 25 heavy (non-hydrogen) atoms. The van der Waals surface area contributed by atoms with Gasteiger partial charge >= 0.3 is 5.97 Å². The first-order valence-electron chi connectivity index (χ1n) is 9.11. The minimum Gasteiger partial charge on any atom is -0.423 e. The monoisotopic (exact) mass is 338 g/mol. The van der Waals surface area contributed by atoms with E-state index < -0.39 is 0 Å². The standard InChI is InChI=1S/C23H30O2/c1-7-8-21(23(4,5)6)18-9-11-20(12-10-18)25-22(24)19-14-16(2)13-17(3)15-19/h9-15,21H,7-8H2,1-6H3. The summed E-state index contributed by atoms with van der Waals surface area (Å²) < 4.78 is 5.55. The summed E-state index contributed by atoms with van der Waals surface area (Å²) in [6.07, 6.45) is 2.32. The number of carbonyl (C=O) groups is 1. The van der Waals surface area contributed by atoms with Crippen LogP contribution in [-0.4, -0.2) is 5.97 Å². The van der Waals surface area contributed by atoms with Crippen LogP contribution in [0.5, 0.6) is 5.75 Å². The molecule has 0 spiro atoms. The second-order valence-corrected chi connectivity index (χ2v) is 8.04. The van der Waals surface area contributed by atoms with E-state index in [-0.39, 0.29) is 11.4 Å². The normalized spacial score (nSPS) is 12.7. The lowest BCUT2D eigenvalue weighted by molar-refractivity contribution is 0.0734. The molecule has 0 aromatic heterocycles. The average molecular weight is 338 g/mol. The molecule has 0 aliphatic heterocycles. The highest BCUT2D eigenvalue weighted by Gasteiger charge is 2.25. The lowest BCUT2D eigenvalue weighted by atomic mass is 9.74. The van der Waals surface area contributed by atoms with Crippen LogP contribution >= 0.6 is 0 Å². The molecule has 134 valence electrons. The third-order valence-electron chi connectivity index (χ3n) is 4.57. The second-order valence-electron chi connectivity index (χ2n) is 8.04. The fraction of sp³-hybridized carbons (Fsp3) is 0.435. The van der Waals surface area contributed by atoms with Crippen LogP contribution in [0.25, 0.3) is 0 Å². The van der Waals surface area contributed by atoms with Crippen molar-refractivity contribution in [3.05, 3.63) is 64.7 Å². The van der Waals surface area contributed by atoms with E-state index in [1.54, 1.807) is 0 Å². The molecular weight excluding hydrogens is 308 g/mol. The van der Waals surface area contributed by atoms with E-state index in [1.807, 2.05) is 44.2 Å². The van der Waals surface area contributed by atoms with Gasteiger partial charge in [-0.15, -0.1) is 0 Å². The third-order valence-corrected chi connectivity index (χ3v) is 4.57. The molecule has 0 fully saturated rings. The Balaban J connectivity index is 2.15. The summed E-state index contributed by atoms with van der Waals surface area (Å²) in [6.45, 7) is 13.0.